The second-order valence-corrected chi connectivity index (χ2v) is 6.19. The van der Waals surface area contributed by atoms with Crippen LogP contribution in [0.2, 0.25) is 20.1 Å². The molecule has 0 fully saturated rings. The third kappa shape index (κ3) is 4.02. The number of halogens is 4. The predicted octanol–water partition coefficient (Wildman–Crippen LogP) is 6.67. The molecule has 4 nitrogen and oxygen atoms in total. The Morgan fingerprint density at radius 2 is 1.54 bits per heavy atom. The van der Waals surface area contributed by atoms with Crippen LogP contribution in [0.4, 0.5) is 0 Å². The number of nitrogens with zero attached hydrogens (tertiary/aromatic N) is 2. The highest BCUT2D eigenvalue weighted by molar-refractivity contribution is 6.37. The molecule has 0 amide bonds. The van der Waals surface area contributed by atoms with E-state index in [9.17, 15) is 0 Å². The van der Waals surface area contributed by atoms with E-state index in [1.807, 2.05) is 0 Å². The Hall–Kier alpha value is -1.72. The summed E-state index contributed by atoms with van der Waals surface area (Å²) < 4.78 is 11.2. The summed E-state index contributed by atoms with van der Waals surface area (Å²) in [6.45, 7) is 0. The average molecular weight is 402 g/mol. The van der Waals surface area contributed by atoms with Crippen LogP contribution in [-0.2, 0) is 0 Å². The van der Waals surface area contributed by atoms with Crippen LogP contribution >= 0.6 is 46.4 Å². The molecule has 3 aromatic rings. The summed E-state index contributed by atoms with van der Waals surface area (Å²) in [5, 5.41) is 1.11. The van der Waals surface area contributed by atoms with E-state index in [0.717, 1.165) is 0 Å². The van der Waals surface area contributed by atoms with E-state index < -0.39 is 0 Å². The summed E-state index contributed by atoms with van der Waals surface area (Å²) in [5.74, 6) is 1.19. The van der Waals surface area contributed by atoms with Crippen molar-refractivity contribution in [2.45, 2.75) is 0 Å². The van der Waals surface area contributed by atoms with Gasteiger partial charge in [0.25, 0.3) is 0 Å². The van der Waals surface area contributed by atoms with Crippen LogP contribution in [0.1, 0.15) is 0 Å². The number of rotatable bonds is 4. The first-order valence-electron chi connectivity index (χ1n) is 6.60. The second kappa shape index (κ2) is 7.45. The van der Waals surface area contributed by atoms with Crippen LogP contribution in [0.5, 0.6) is 23.3 Å². The first kappa shape index (κ1) is 17.1. The van der Waals surface area contributed by atoms with Gasteiger partial charge in [-0.15, -0.1) is 0 Å². The summed E-state index contributed by atoms with van der Waals surface area (Å²) in [6.07, 6.45) is 3.02. The SMILES string of the molecule is Clc1cnc(Oc2c(Cl)cc(Oc3ccccn3)cc2Cl)c(Cl)c1. The molecule has 1 aromatic carbocycles. The molecule has 0 radical (unpaired) electrons. The maximum atomic E-state index is 6.23. The summed E-state index contributed by atoms with van der Waals surface area (Å²) in [4.78, 5) is 8.06. The highest BCUT2D eigenvalue weighted by atomic mass is 35.5. The molecule has 0 aliphatic heterocycles. The Balaban J connectivity index is 1.87. The molecule has 24 heavy (non-hydrogen) atoms. The number of ether oxygens (including phenoxy) is 2. The molecule has 0 N–H and O–H groups in total. The van der Waals surface area contributed by atoms with Crippen molar-refractivity contribution < 1.29 is 9.47 Å². The van der Waals surface area contributed by atoms with Gasteiger partial charge in [0.2, 0.25) is 11.8 Å². The zero-order valence-corrected chi connectivity index (χ0v) is 14.9. The molecule has 2 aromatic heterocycles. The smallest absolute Gasteiger partial charge is 0.238 e. The van der Waals surface area contributed by atoms with E-state index in [-0.39, 0.29) is 26.7 Å². The van der Waals surface area contributed by atoms with Crippen molar-refractivity contribution in [1.82, 2.24) is 9.97 Å². The maximum Gasteiger partial charge on any atom is 0.238 e. The molecule has 0 saturated carbocycles. The summed E-state index contributed by atoms with van der Waals surface area (Å²) in [7, 11) is 0. The van der Waals surface area contributed by atoms with E-state index in [1.165, 1.54) is 12.3 Å². The van der Waals surface area contributed by atoms with E-state index in [4.69, 9.17) is 55.9 Å². The molecular weight excluding hydrogens is 394 g/mol. The lowest BCUT2D eigenvalue weighted by Crippen LogP contribution is -1.93. The van der Waals surface area contributed by atoms with Crippen LogP contribution in [0.15, 0.2) is 48.8 Å². The number of pyridine rings is 2. The molecule has 2 heterocycles. The van der Waals surface area contributed by atoms with Crippen molar-refractivity contribution in [3.8, 4) is 23.3 Å². The van der Waals surface area contributed by atoms with Gasteiger partial charge in [0, 0.05) is 30.6 Å². The standard InChI is InChI=1S/C16H8Cl4N2O2/c17-9-5-13(20)16(22-8-9)24-15-11(18)6-10(7-12(15)19)23-14-3-1-2-4-21-14/h1-8H. The molecule has 0 spiro atoms. The Morgan fingerprint density at radius 1 is 0.792 bits per heavy atom. The van der Waals surface area contributed by atoms with Crippen LogP contribution in [-0.4, -0.2) is 9.97 Å². The van der Waals surface area contributed by atoms with Crippen molar-refractivity contribution in [1.29, 1.82) is 0 Å². The highest BCUT2D eigenvalue weighted by Crippen LogP contribution is 2.41. The highest BCUT2D eigenvalue weighted by Gasteiger charge is 2.15. The van der Waals surface area contributed by atoms with Crippen LogP contribution in [0, 0.1) is 0 Å². The molecule has 0 unspecified atom stereocenters. The zero-order valence-electron chi connectivity index (χ0n) is 11.8. The van der Waals surface area contributed by atoms with Gasteiger partial charge < -0.3 is 9.47 Å². The van der Waals surface area contributed by atoms with Gasteiger partial charge in [-0.25, -0.2) is 9.97 Å². The predicted molar refractivity (Wildman–Crippen MR) is 95.1 cm³/mol. The van der Waals surface area contributed by atoms with Crippen molar-refractivity contribution >= 4 is 46.4 Å². The van der Waals surface area contributed by atoms with Crippen molar-refractivity contribution in [3.63, 3.8) is 0 Å². The topological polar surface area (TPSA) is 44.2 Å². The Labute approximate surface area is 157 Å². The largest absolute Gasteiger partial charge is 0.439 e. The maximum absolute atomic E-state index is 6.23. The third-order valence-corrected chi connectivity index (χ3v) is 3.84. The monoisotopic (exact) mass is 400 g/mol. The zero-order chi connectivity index (χ0) is 17.1. The van der Waals surface area contributed by atoms with Gasteiger partial charge in [-0.05, 0) is 12.1 Å². The Morgan fingerprint density at radius 3 is 2.17 bits per heavy atom. The molecule has 8 heteroatoms. The van der Waals surface area contributed by atoms with E-state index in [1.54, 1.807) is 36.5 Å². The molecule has 0 saturated heterocycles. The van der Waals surface area contributed by atoms with Crippen LogP contribution < -0.4 is 9.47 Å². The summed E-state index contributed by atoms with van der Waals surface area (Å²) in [6, 6.07) is 9.92. The number of hydrogen-bond acceptors (Lipinski definition) is 4. The van der Waals surface area contributed by atoms with Gasteiger partial charge in [0.15, 0.2) is 5.75 Å². The van der Waals surface area contributed by atoms with Gasteiger partial charge in [0.1, 0.15) is 10.8 Å². The van der Waals surface area contributed by atoms with Crippen molar-refractivity contribution in [3.05, 3.63) is 68.9 Å². The fourth-order valence-corrected chi connectivity index (χ4v) is 2.76. The normalized spacial score (nSPS) is 10.5. The minimum atomic E-state index is 0.142. The van der Waals surface area contributed by atoms with Crippen LogP contribution in [0.3, 0.4) is 0 Å². The molecular formula is C16H8Cl4N2O2. The molecule has 122 valence electrons. The lowest BCUT2D eigenvalue weighted by atomic mass is 10.3. The quantitative estimate of drug-likeness (QED) is 0.489. The van der Waals surface area contributed by atoms with Gasteiger partial charge in [-0.2, -0.15) is 0 Å². The minimum Gasteiger partial charge on any atom is -0.439 e. The van der Waals surface area contributed by atoms with Gasteiger partial charge >= 0.3 is 0 Å². The van der Waals surface area contributed by atoms with E-state index in [2.05, 4.69) is 9.97 Å². The fourth-order valence-electron chi connectivity index (χ4n) is 1.80. The van der Waals surface area contributed by atoms with Gasteiger partial charge in [-0.1, -0.05) is 52.5 Å². The summed E-state index contributed by atoms with van der Waals surface area (Å²) in [5.41, 5.74) is 0. The average Bonchev–Trinajstić information content (AvgIpc) is 2.53. The second-order valence-electron chi connectivity index (χ2n) is 4.53. The molecule has 0 aliphatic rings. The Kier molecular flexibility index (Phi) is 5.31. The van der Waals surface area contributed by atoms with Crippen LogP contribution in [0.25, 0.3) is 0 Å². The van der Waals surface area contributed by atoms with Crippen molar-refractivity contribution in [2.24, 2.45) is 0 Å². The molecule has 3 rings (SSSR count). The van der Waals surface area contributed by atoms with Crippen molar-refractivity contribution in [2.75, 3.05) is 0 Å². The first-order valence-corrected chi connectivity index (χ1v) is 8.11. The summed E-state index contributed by atoms with van der Waals surface area (Å²) >= 11 is 24.3. The van der Waals surface area contributed by atoms with Gasteiger partial charge in [-0.3, -0.25) is 0 Å². The molecule has 0 atom stereocenters. The lowest BCUT2D eigenvalue weighted by molar-refractivity contribution is 0.451. The lowest BCUT2D eigenvalue weighted by Gasteiger charge is -2.12. The first-order chi connectivity index (χ1) is 11.5. The third-order valence-electron chi connectivity index (χ3n) is 2.80. The number of hydrogen-bond donors (Lipinski definition) is 0. The number of aromatic nitrogens is 2. The van der Waals surface area contributed by atoms with E-state index >= 15 is 0 Å². The minimum absolute atomic E-state index is 0.142. The number of benzene rings is 1. The van der Waals surface area contributed by atoms with Gasteiger partial charge in [0.05, 0.1) is 15.1 Å². The Bertz CT molecular complexity index is 852. The fraction of sp³-hybridized carbons (Fsp3) is 0. The van der Waals surface area contributed by atoms with E-state index in [0.29, 0.717) is 16.7 Å². The molecule has 0 bridgehead atoms. The molecule has 0 aliphatic carbocycles.